The third-order valence-electron chi connectivity index (χ3n) is 2.94. The van der Waals surface area contributed by atoms with Crippen LogP contribution in [-0.4, -0.2) is 39.7 Å². The number of hydrogen-bond acceptors (Lipinski definition) is 5. The van der Waals surface area contributed by atoms with E-state index in [0.717, 1.165) is 0 Å². The van der Waals surface area contributed by atoms with Gasteiger partial charge in [0.1, 0.15) is 11.6 Å². The van der Waals surface area contributed by atoms with E-state index in [1.807, 2.05) is 6.07 Å². The summed E-state index contributed by atoms with van der Waals surface area (Å²) in [6.45, 7) is 4.75. The molecule has 3 N–H and O–H groups in total. The molecular formula is C16H19N3O5. The minimum Gasteiger partial charge on any atom is -0.480 e. The monoisotopic (exact) mass is 333 g/mol. The van der Waals surface area contributed by atoms with Gasteiger partial charge >= 0.3 is 18.1 Å². The van der Waals surface area contributed by atoms with Gasteiger partial charge in [-0.15, -0.1) is 0 Å². The summed E-state index contributed by atoms with van der Waals surface area (Å²) in [5.74, 6) is -1.40. The minimum absolute atomic E-state index is 0.163. The van der Waals surface area contributed by atoms with Crippen molar-refractivity contribution in [3.63, 3.8) is 0 Å². The second-order valence-electron chi connectivity index (χ2n) is 6.06. The number of carboxylic acids is 1. The van der Waals surface area contributed by atoms with E-state index in [0.29, 0.717) is 16.0 Å². The highest BCUT2D eigenvalue weighted by atomic mass is 16.6. The summed E-state index contributed by atoms with van der Waals surface area (Å²) in [5, 5.41) is 18.2. The van der Waals surface area contributed by atoms with Gasteiger partial charge in [0, 0.05) is 6.42 Å². The van der Waals surface area contributed by atoms with Crippen LogP contribution in [0.2, 0.25) is 0 Å². The van der Waals surface area contributed by atoms with E-state index in [1.54, 1.807) is 32.9 Å². The fourth-order valence-corrected chi connectivity index (χ4v) is 1.91. The highest BCUT2D eigenvalue weighted by Crippen LogP contribution is 2.16. The molecule has 24 heavy (non-hydrogen) atoms. The quantitative estimate of drug-likeness (QED) is 0.864. The van der Waals surface area contributed by atoms with Crippen molar-refractivity contribution < 1.29 is 24.2 Å². The van der Waals surface area contributed by atoms with Crippen LogP contribution in [0.4, 0.5) is 9.59 Å². The molecule has 8 heteroatoms. The molecule has 1 aromatic rings. The van der Waals surface area contributed by atoms with Gasteiger partial charge in [0.05, 0.1) is 11.6 Å². The number of benzene rings is 1. The molecule has 0 fully saturated rings. The highest BCUT2D eigenvalue weighted by Gasteiger charge is 2.36. The fourth-order valence-electron chi connectivity index (χ4n) is 1.91. The Morgan fingerprint density at radius 1 is 1.29 bits per heavy atom. The molecular weight excluding hydrogens is 314 g/mol. The Labute approximate surface area is 139 Å². The first kappa shape index (κ1) is 19.0. The van der Waals surface area contributed by atoms with Crippen molar-refractivity contribution in [2.24, 2.45) is 5.73 Å². The summed E-state index contributed by atoms with van der Waals surface area (Å²) < 4.78 is 5.05. The lowest BCUT2D eigenvalue weighted by atomic mass is 10.0. The molecule has 3 amide bonds. The second kappa shape index (κ2) is 7.46. The molecule has 0 heterocycles. The SMILES string of the molecule is CC(C)(C)OC(=O)N(C(N)=O)[C@@H](Cc1ccc(C#N)cc1)C(=O)O. The molecule has 0 spiro atoms. The van der Waals surface area contributed by atoms with E-state index in [1.165, 1.54) is 12.1 Å². The molecule has 1 aromatic carbocycles. The van der Waals surface area contributed by atoms with E-state index in [2.05, 4.69) is 0 Å². The lowest BCUT2D eigenvalue weighted by Gasteiger charge is -2.28. The Bertz CT molecular complexity index is 670. The zero-order valence-electron chi connectivity index (χ0n) is 13.6. The summed E-state index contributed by atoms with van der Waals surface area (Å²) >= 11 is 0. The van der Waals surface area contributed by atoms with Gasteiger partial charge in [0.25, 0.3) is 0 Å². The maximum absolute atomic E-state index is 12.1. The number of nitriles is 1. The normalized spacial score (nSPS) is 11.9. The number of ether oxygens (including phenoxy) is 1. The van der Waals surface area contributed by atoms with E-state index < -0.39 is 29.7 Å². The lowest BCUT2D eigenvalue weighted by Crippen LogP contribution is -2.53. The van der Waals surface area contributed by atoms with Crippen molar-refractivity contribution in [3.05, 3.63) is 35.4 Å². The molecule has 0 aliphatic carbocycles. The first-order valence-electron chi connectivity index (χ1n) is 7.08. The molecule has 1 atom stereocenters. The number of nitrogens with two attached hydrogens (primary N) is 1. The van der Waals surface area contributed by atoms with Crippen molar-refractivity contribution in [1.29, 1.82) is 5.26 Å². The second-order valence-corrected chi connectivity index (χ2v) is 6.06. The van der Waals surface area contributed by atoms with Gasteiger partial charge in [0.15, 0.2) is 0 Å². The summed E-state index contributed by atoms with van der Waals surface area (Å²) in [6.07, 6.45) is -1.29. The zero-order valence-corrected chi connectivity index (χ0v) is 13.6. The molecule has 0 radical (unpaired) electrons. The van der Waals surface area contributed by atoms with Crippen molar-refractivity contribution >= 4 is 18.1 Å². The van der Waals surface area contributed by atoms with Crippen LogP contribution in [0.1, 0.15) is 31.9 Å². The van der Waals surface area contributed by atoms with Gasteiger partial charge in [-0.2, -0.15) is 5.26 Å². The number of primary amides is 1. The zero-order chi connectivity index (χ0) is 18.5. The molecule has 0 unspecified atom stereocenters. The van der Waals surface area contributed by atoms with E-state index in [4.69, 9.17) is 15.7 Å². The van der Waals surface area contributed by atoms with Crippen LogP contribution in [0, 0.1) is 11.3 Å². The average molecular weight is 333 g/mol. The van der Waals surface area contributed by atoms with Crippen LogP contribution in [0.5, 0.6) is 0 Å². The highest BCUT2D eigenvalue weighted by molar-refractivity contribution is 5.95. The Morgan fingerprint density at radius 3 is 2.21 bits per heavy atom. The van der Waals surface area contributed by atoms with E-state index >= 15 is 0 Å². The number of aliphatic carboxylic acids is 1. The fraction of sp³-hybridized carbons (Fsp3) is 0.375. The molecule has 0 saturated carbocycles. The lowest BCUT2D eigenvalue weighted by molar-refractivity contribution is -0.142. The number of imide groups is 1. The Hall–Kier alpha value is -3.08. The summed E-state index contributed by atoms with van der Waals surface area (Å²) in [5.41, 5.74) is 5.19. The van der Waals surface area contributed by atoms with Crippen LogP contribution in [0.25, 0.3) is 0 Å². The number of hydrogen-bond donors (Lipinski definition) is 2. The summed E-state index contributed by atoms with van der Waals surface area (Å²) in [4.78, 5) is 35.7. The number of carbonyl (C=O) groups is 3. The van der Waals surface area contributed by atoms with Crippen molar-refractivity contribution in [3.8, 4) is 6.07 Å². The average Bonchev–Trinajstić information content (AvgIpc) is 2.44. The predicted molar refractivity (Wildman–Crippen MR) is 83.9 cm³/mol. The van der Waals surface area contributed by atoms with Crippen LogP contribution >= 0.6 is 0 Å². The maximum Gasteiger partial charge on any atom is 0.419 e. The van der Waals surface area contributed by atoms with Gasteiger partial charge in [0.2, 0.25) is 0 Å². The van der Waals surface area contributed by atoms with Crippen molar-refractivity contribution in [2.45, 2.75) is 38.8 Å². The van der Waals surface area contributed by atoms with Gasteiger partial charge in [-0.1, -0.05) is 12.1 Å². The number of nitrogens with zero attached hydrogens (tertiary/aromatic N) is 2. The van der Waals surface area contributed by atoms with Gasteiger partial charge < -0.3 is 15.6 Å². The number of rotatable bonds is 4. The van der Waals surface area contributed by atoms with Crippen molar-refractivity contribution in [1.82, 2.24) is 4.90 Å². The third-order valence-corrected chi connectivity index (χ3v) is 2.94. The van der Waals surface area contributed by atoms with Gasteiger partial charge in [-0.25, -0.2) is 19.3 Å². The summed E-state index contributed by atoms with van der Waals surface area (Å²) in [6, 6.07) is 5.31. The first-order chi connectivity index (χ1) is 11.0. The number of carboxylic acid groups (broad SMARTS) is 1. The molecule has 0 aromatic heterocycles. The van der Waals surface area contributed by atoms with Crippen molar-refractivity contribution in [2.75, 3.05) is 0 Å². The van der Waals surface area contributed by atoms with Crippen LogP contribution < -0.4 is 5.73 Å². The van der Waals surface area contributed by atoms with Crippen LogP contribution in [0.3, 0.4) is 0 Å². The number of urea groups is 1. The molecule has 0 aliphatic rings. The predicted octanol–water partition coefficient (Wildman–Crippen LogP) is 1.87. The van der Waals surface area contributed by atoms with Gasteiger partial charge in [-0.3, -0.25) is 0 Å². The van der Waals surface area contributed by atoms with E-state index in [9.17, 15) is 19.5 Å². The molecule has 128 valence electrons. The molecule has 0 bridgehead atoms. The topological polar surface area (TPSA) is 134 Å². The molecule has 1 rings (SSSR count). The largest absolute Gasteiger partial charge is 0.480 e. The van der Waals surface area contributed by atoms with Crippen LogP contribution in [0.15, 0.2) is 24.3 Å². The molecule has 0 saturated heterocycles. The molecule has 0 aliphatic heterocycles. The Balaban J connectivity index is 3.09. The minimum atomic E-state index is -1.52. The Kier molecular flexibility index (Phi) is 5.89. The van der Waals surface area contributed by atoms with Gasteiger partial charge in [-0.05, 0) is 38.5 Å². The smallest absolute Gasteiger partial charge is 0.419 e. The number of carbonyl (C=O) groups excluding carboxylic acids is 2. The van der Waals surface area contributed by atoms with Crippen LogP contribution in [-0.2, 0) is 16.0 Å². The standard InChI is InChI=1S/C16H19N3O5/c1-16(2,3)24-15(23)19(14(18)22)12(13(20)21)8-10-4-6-11(9-17)7-5-10/h4-7,12H,8H2,1-3H3,(H2,18,22)(H,20,21)/t12-/m0/s1. The Morgan fingerprint density at radius 2 is 1.83 bits per heavy atom. The summed E-state index contributed by atoms with van der Waals surface area (Å²) in [7, 11) is 0. The number of amides is 3. The maximum atomic E-state index is 12.1. The first-order valence-corrected chi connectivity index (χ1v) is 7.08. The third kappa shape index (κ3) is 5.28. The van der Waals surface area contributed by atoms with E-state index in [-0.39, 0.29) is 6.42 Å². The molecule has 8 nitrogen and oxygen atoms in total.